The largest absolute Gasteiger partial charge is 0.335 e. The van der Waals surface area contributed by atoms with Crippen LogP contribution in [-0.2, 0) is 0 Å². The molecule has 21 heavy (non-hydrogen) atoms. The number of fused-ring (bicyclic) bond motifs is 2. The monoisotopic (exact) mass is 288 g/mol. The minimum absolute atomic E-state index is 0.103. The summed E-state index contributed by atoms with van der Waals surface area (Å²) in [4.78, 5) is 18.8. The average Bonchev–Trinajstić information content (AvgIpc) is 2.40. The van der Waals surface area contributed by atoms with Gasteiger partial charge < -0.3 is 15.5 Å². The van der Waals surface area contributed by atoms with E-state index in [0.717, 1.165) is 24.2 Å². The van der Waals surface area contributed by atoms with Crippen LogP contribution in [0.15, 0.2) is 18.3 Å². The van der Waals surface area contributed by atoms with Crippen molar-refractivity contribution < 1.29 is 4.79 Å². The van der Waals surface area contributed by atoms with Crippen LogP contribution >= 0.6 is 0 Å². The summed E-state index contributed by atoms with van der Waals surface area (Å²) in [5, 5.41) is 6.04. The summed E-state index contributed by atoms with van der Waals surface area (Å²) in [7, 11) is 2.23. The van der Waals surface area contributed by atoms with Crippen LogP contribution in [-0.4, -0.2) is 41.1 Å². The van der Waals surface area contributed by atoms with E-state index in [0.29, 0.717) is 18.1 Å². The standard InChI is InChI=1S/C16H24N4O/c1-11-8-12(6-7-17-11)18-16(21)19-13-9-14-4-3-5-15(10-13)20(14)2/h6-8,13-15H,3-5,9-10H2,1-2H3,(H2,17,18,19,21). The summed E-state index contributed by atoms with van der Waals surface area (Å²) in [6, 6.07) is 5.14. The lowest BCUT2D eigenvalue weighted by atomic mass is 9.82. The number of aromatic nitrogens is 1. The van der Waals surface area contributed by atoms with E-state index in [-0.39, 0.29) is 6.03 Å². The lowest BCUT2D eigenvalue weighted by Gasteiger charge is -2.47. The van der Waals surface area contributed by atoms with Gasteiger partial charge in [-0.15, -0.1) is 0 Å². The number of anilines is 1. The molecule has 0 radical (unpaired) electrons. The Hall–Kier alpha value is -1.62. The molecule has 114 valence electrons. The van der Waals surface area contributed by atoms with Crippen LogP contribution in [0.2, 0.25) is 0 Å². The topological polar surface area (TPSA) is 57.3 Å². The van der Waals surface area contributed by atoms with Crippen molar-refractivity contribution in [1.29, 1.82) is 0 Å². The van der Waals surface area contributed by atoms with Crippen molar-refractivity contribution in [3.8, 4) is 0 Å². The molecule has 1 aromatic heterocycles. The number of carbonyl (C=O) groups excluding carboxylic acids is 1. The van der Waals surface area contributed by atoms with Gasteiger partial charge in [-0.25, -0.2) is 4.79 Å². The first-order valence-electron chi connectivity index (χ1n) is 7.84. The third-order valence-corrected chi connectivity index (χ3v) is 4.83. The summed E-state index contributed by atoms with van der Waals surface area (Å²) >= 11 is 0. The molecule has 2 atom stereocenters. The van der Waals surface area contributed by atoms with Crippen LogP contribution in [0, 0.1) is 6.92 Å². The zero-order chi connectivity index (χ0) is 14.8. The van der Waals surface area contributed by atoms with Crippen LogP contribution in [0.25, 0.3) is 0 Å². The van der Waals surface area contributed by atoms with Gasteiger partial charge in [-0.3, -0.25) is 4.98 Å². The van der Waals surface area contributed by atoms with Crippen molar-refractivity contribution in [3.05, 3.63) is 24.0 Å². The zero-order valence-electron chi connectivity index (χ0n) is 12.8. The maximum atomic E-state index is 12.1. The molecule has 2 amide bonds. The Balaban J connectivity index is 1.56. The highest BCUT2D eigenvalue weighted by atomic mass is 16.2. The van der Waals surface area contributed by atoms with Gasteiger partial charge in [-0.2, -0.15) is 0 Å². The fourth-order valence-corrected chi connectivity index (χ4v) is 3.71. The van der Waals surface area contributed by atoms with Crippen LogP contribution in [0.3, 0.4) is 0 Å². The second kappa shape index (κ2) is 6.02. The normalized spacial score (nSPS) is 29.0. The number of pyridine rings is 1. The second-order valence-corrected chi connectivity index (χ2v) is 6.36. The van der Waals surface area contributed by atoms with Crippen molar-refractivity contribution in [3.63, 3.8) is 0 Å². The van der Waals surface area contributed by atoms with Gasteiger partial charge in [0.1, 0.15) is 0 Å². The van der Waals surface area contributed by atoms with Crippen molar-refractivity contribution in [2.75, 3.05) is 12.4 Å². The molecule has 0 spiro atoms. The summed E-state index contributed by atoms with van der Waals surface area (Å²) in [5.74, 6) is 0. The third kappa shape index (κ3) is 3.35. The molecule has 5 nitrogen and oxygen atoms in total. The second-order valence-electron chi connectivity index (χ2n) is 6.36. The van der Waals surface area contributed by atoms with E-state index < -0.39 is 0 Å². The quantitative estimate of drug-likeness (QED) is 0.879. The Labute approximate surface area is 126 Å². The molecule has 5 heteroatoms. The number of aryl methyl sites for hydroxylation is 1. The van der Waals surface area contributed by atoms with E-state index in [4.69, 9.17) is 0 Å². The van der Waals surface area contributed by atoms with Crippen molar-refractivity contribution in [1.82, 2.24) is 15.2 Å². The molecule has 1 aromatic rings. The van der Waals surface area contributed by atoms with Crippen LogP contribution in [0.1, 0.15) is 37.8 Å². The third-order valence-electron chi connectivity index (χ3n) is 4.83. The highest BCUT2D eigenvalue weighted by Gasteiger charge is 2.36. The molecule has 2 aliphatic rings. The smallest absolute Gasteiger partial charge is 0.319 e. The van der Waals surface area contributed by atoms with Gasteiger partial charge in [0.05, 0.1) is 0 Å². The molecule has 2 N–H and O–H groups in total. The first-order valence-corrected chi connectivity index (χ1v) is 7.84. The number of nitrogens with zero attached hydrogens (tertiary/aromatic N) is 2. The van der Waals surface area contributed by atoms with Gasteiger partial charge in [0.25, 0.3) is 0 Å². The van der Waals surface area contributed by atoms with Crippen LogP contribution in [0.5, 0.6) is 0 Å². The van der Waals surface area contributed by atoms with Crippen molar-refractivity contribution in [2.24, 2.45) is 0 Å². The SMILES string of the molecule is Cc1cc(NC(=O)NC2CC3CCCC(C2)N3C)ccn1. The zero-order valence-corrected chi connectivity index (χ0v) is 12.8. The van der Waals surface area contributed by atoms with Crippen LogP contribution < -0.4 is 10.6 Å². The molecule has 2 bridgehead atoms. The number of amides is 2. The fourth-order valence-electron chi connectivity index (χ4n) is 3.71. The number of piperidine rings is 2. The summed E-state index contributed by atoms with van der Waals surface area (Å²) < 4.78 is 0. The van der Waals surface area contributed by atoms with Gasteiger partial charge in [0.2, 0.25) is 0 Å². The molecule has 3 rings (SSSR count). The fraction of sp³-hybridized carbons (Fsp3) is 0.625. The number of rotatable bonds is 2. The maximum absolute atomic E-state index is 12.1. The lowest BCUT2D eigenvalue weighted by molar-refractivity contribution is 0.0513. The molecule has 3 heterocycles. The average molecular weight is 288 g/mol. The highest BCUT2D eigenvalue weighted by Crippen LogP contribution is 2.32. The predicted octanol–water partition coefficient (Wildman–Crippen LogP) is 2.53. The molecule has 0 aliphatic carbocycles. The number of carbonyl (C=O) groups is 1. The lowest BCUT2D eigenvalue weighted by Crippen LogP contribution is -2.55. The number of hydrogen-bond acceptors (Lipinski definition) is 3. The molecule has 0 aromatic carbocycles. The molecule has 2 unspecified atom stereocenters. The molecular formula is C16H24N4O. The Kier molecular flexibility index (Phi) is 4.10. The molecule has 0 saturated carbocycles. The number of hydrogen-bond donors (Lipinski definition) is 2. The summed E-state index contributed by atoms with van der Waals surface area (Å²) in [5.41, 5.74) is 1.70. The van der Waals surface area contributed by atoms with E-state index in [1.807, 2.05) is 19.1 Å². The van der Waals surface area contributed by atoms with Crippen molar-refractivity contribution >= 4 is 11.7 Å². The first-order chi connectivity index (χ1) is 10.1. The molecular weight excluding hydrogens is 264 g/mol. The van der Waals surface area contributed by atoms with E-state index in [1.165, 1.54) is 19.3 Å². The maximum Gasteiger partial charge on any atom is 0.319 e. The Morgan fingerprint density at radius 1 is 1.33 bits per heavy atom. The summed E-state index contributed by atoms with van der Waals surface area (Å²) in [6.45, 7) is 1.92. The molecule has 2 saturated heterocycles. The van der Waals surface area contributed by atoms with Gasteiger partial charge >= 0.3 is 6.03 Å². The molecule has 2 aliphatic heterocycles. The Morgan fingerprint density at radius 2 is 2.05 bits per heavy atom. The number of nitrogens with one attached hydrogen (secondary N) is 2. The highest BCUT2D eigenvalue weighted by molar-refractivity contribution is 5.89. The van der Waals surface area contributed by atoms with Crippen molar-refractivity contribution in [2.45, 2.75) is 57.2 Å². The number of urea groups is 1. The van der Waals surface area contributed by atoms with E-state index in [9.17, 15) is 4.79 Å². The predicted molar refractivity (Wildman–Crippen MR) is 83.3 cm³/mol. The van der Waals surface area contributed by atoms with Crippen LogP contribution in [0.4, 0.5) is 10.5 Å². The van der Waals surface area contributed by atoms with Gasteiger partial charge in [0, 0.05) is 35.7 Å². The van der Waals surface area contributed by atoms with Gasteiger partial charge in [-0.1, -0.05) is 6.42 Å². The summed E-state index contributed by atoms with van der Waals surface area (Å²) in [6.07, 6.45) is 7.69. The minimum Gasteiger partial charge on any atom is -0.335 e. The van der Waals surface area contributed by atoms with E-state index >= 15 is 0 Å². The molecule has 2 fully saturated rings. The minimum atomic E-state index is -0.103. The van der Waals surface area contributed by atoms with Gasteiger partial charge in [-0.05, 0) is 51.8 Å². The first kappa shape index (κ1) is 14.3. The van der Waals surface area contributed by atoms with E-state index in [2.05, 4.69) is 27.6 Å². The Bertz CT molecular complexity index is 505. The van der Waals surface area contributed by atoms with E-state index in [1.54, 1.807) is 6.20 Å². The van der Waals surface area contributed by atoms with Gasteiger partial charge in [0.15, 0.2) is 0 Å². The Morgan fingerprint density at radius 3 is 2.71 bits per heavy atom.